The van der Waals surface area contributed by atoms with Crippen molar-refractivity contribution in [2.24, 2.45) is 0 Å². The third kappa shape index (κ3) is 4.93. The van der Waals surface area contributed by atoms with Crippen molar-refractivity contribution < 1.29 is 9.59 Å². The summed E-state index contributed by atoms with van der Waals surface area (Å²) >= 11 is 0. The van der Waals surface area contributed by atoms with E-state index in [-0.39, 0.29) is 17.8 Å². The Labute approximate surface area is 163 Å². The summed E-state index contributed by atoms with van der Waals surface area (Å²) in [6.07, 6.45) is 10.2. The molecule has 2 amide bonds. The lowest BCUT2D eigenvalue weighted by Gasteiger charge is -2.26. The Morgan fingerprint density at radius 2 is 1.25 bits per heavy atom. The minimum atomic E-state index is 0.143. The fourth-order valence-electron chi connectivity index (χ4n) is 3.19. The van der Waals surface area contributed by atoms with Crippen molar-refractivity contribution in [3.63, 3.8) is 0 Å². The molecule has 2 aliphatic rings. The fraction of sp³-hybridized carbons (Fsp3) is 0.421. The number of nitrogens with zero attached hydrogens (tertiary/aromatic N) is 5. The molecule has 0 atom stereocenters. The van der Waals surface area contributed by atoms with Crippen molar-refractivity contribution in [3.8, 4) is 0 Å². The van der Waals surface area contributed by atoms with E-state index in [1.807, 2.05) is 6.07 Å². The second kappa shape index (κ2) is 9.12. The van der Waals surface area contributed by atoms with Crippen LogP contribution in [0.1, 0.15) is 38.5 Å². The first-order valence-electron chi connectivity index (χ1n) is 9.44. The largest absolute Gasteiger partial charge is 0.384 e. The smallest absolute Gasteiger partial charge is 0.227 e. The first-order chi connectivity index (χ1) is 13.5. The van der Waals surface area contributed by atoms with Crippen LogP contribution in [0.5, 0.6) is 0 Å². The lowest BCUT2D eigenvalue weighted by molar-refractivity contribution is -0.120. The number of pyridine rings is 1. The molecule has 4 heterocycles. The number of carbonyl (C=O) groups excluding carboxylic acids is 2. The van der Waals surface area contributed by atoms with Gasteiger partial charge in [-0.1, -0.05) is 0 Å². The predicted octanol–water partition coefficient (Wildman–Crippen LogP) is 1.76. The number of anilines is 4. The number of aromatic nitrogens is 3. The quantitative estimate of drug-likeness (QED) is 0.807. The molecule has 9 nitrogen and oxygen atoms in total. The molecule has 0 unspecified atom stereocenters. The van der Waals surface area contributed by atoms with Gasteiger partial charge in [-0.3, -0.25) is 9.59 Å². The first-order valence-corrected chi connectivity index (χ1v) is 9.44. The van der Waals surface area contributed by atoms with Gasteiger partial charge in [-0.15, -0.1) is 0 Å². The van der Waals surface area contributed by atoms with Gasteiger partial charge in [0.2, 0.25) is 17.8 Å². The van der Waals surface area contributed by atoms with Crippen molar-refractivity contribution in [3.05, 3.63) is 30.7 Å². The van der Waals surface area contributed by atoms with Gasteiger partial charge in [0.05, 0.1) is 30.0 Å². The Kier molecular flexibility index (Phi) is 6.36. The lowest BCUT2D eigenvalue weighted by atomic mass is 10.1. The molecule has 2 fully saturated rings. The maximum atomic E-state index is 11.5. The summed E-state index contributed by atoms with van der Waals surface area (Å²) in [5.41, 5.74) is 12.4. The molecule has 0 radical (unpaired) electrons. The highest BCUT2D eigenvalue weighted by Crippen LogP contribution is 2.20. The number of carbonyl (C=O) groups is 2. The summed E-state index contributed by atoms with van der Waals surface area (Å²) < 4.78 is 0. The summed E-state index contributed by atoms with van der Waals surface area (Å²) in [6.45, 7) is 1.55. The Hall–Kier alpha value is -3.23. The molecule has 0 aliphatic carbocycles. The number of hydrogen-bond acceptors (Lipinski definition) is 7. The second-order valence-electron chi connectivity index (χ2n) is 6.75. The van der Waals surface area contributed by atoms with E-state index in [1.54, 1.807) is 34.5 Å². The number of amides is 2. The summed E-state index contributed by atoms with van der Waals surface area (Å²) in [7, 11) is 0. The van der Waals surface area contributed by atoms with E-state index in [0.717, 1.165) is 50.1 Å². The van der Waals surface area contributed by atoms with E-state index < -0.39 is 0 Å². The van der Waals surface area contributed by atoms with E-state index in [2.05, 4.69) is 15.0 Å². The maximum absolute atomic E-state index is 11.5. The van der Waals surface area contributed by atoms with Gasteiger partial charge in [0, 0.05) is 25.9 Å². The predicted molar refractivity (Wildman–Crippen MR) is 108 cm³/mol. The highest BCUT2D eigenvalue weighted by molar-refractivity contribution is 5.94. The van der Waals surface area contributed by atoms with Crippen LogP contribution >= 0.6 is 0 Å². The van der Waals surface area contributed by atoms with Gasteiger partial charge in [-0.2, -0.15) is 0 Å². The van der Waals surface area contributed by atoms with Gasteiger partial charge in [-0.05, 0) is 37.8 Å². The molecule has 28 heavy (non-hydrogen) atoms. The van der Waals surface area contributed by atoms with Gasteiger partial charge in [0.25, 0.3) is 0 Å². The normalized spacial score (nSPS) is 17.1. The molecule has 0 bridgehead atoms. The Morgan fingerprint density at radius 1 is 0.714 bits per heavy atom. The van der Waals surface area contributed by atoms with Crippen LogP contribution in [0.15, 0.2) is 30.7 Å². The summed E-state index contributed by atoms with van der Waals surface area (Å²) in [5.74, 6) is 1.05. The van der Waals surface area contributed by atoms with Crippen LogP contribution < -0.4 is 21.3 Å². The Bertz CT molecular complexity index is 739. The molecule has 0 spiro atoms. The Balaban J connectivity index is 0.000000161. The monoisotopic (exact) mass is 383 g/mol. The van der Waals surface area contributed by atoms with E-state index >= 15 is 0 Å². The topological polar surface area (TPSA) is 131 Å². The zero-order valence-corrected chi connectivity index (χ0v) is 15.8. The van der Waals surface area contributed by atoms with Crippen LogP contribution in [-0.2, 0) is 9.59 Å². The molecule has 4 N–H and O–H groups in total. The lowest BCUT2D eigenvalue weighted by Crippen LogP contribution is -2.35. The molecule has 4 rings (SSSR count). The van der Waals surface area contributed by atoms with Gasteiger partial charge >= 0.3 is 0 Å². The SMILES string of the molecule is Nc1ccc(N2CCCCC2=O)cn1.Nc1ncc(N2CCCCC2=O)cn1. The highest BCUT2D eigenvalue weighted by atomic mass is 16.2. The summed E-state index contributed by atoms with van der Waals surface area (Å²) in [5, 5.41) is 0. The fourth-order valence-corrected chi connectivity index (χ4v) is 3.19. The molecule has 148 valence electrons. The number of piperidine rings is 2. The zero-order chi connectivity index (χ0) is 19.9. The zero-order valence-electron chi connectivity index (χ0n) is 15.8. The average molecular weight is 383 g/mol. The van der Waals surface area contributed by atoms with Crippen molar-refractivity contribution >= 4 is 35.0 Å². The van der Waals surface area contributed by atoms with Crippen molar-refractivity contribution in [2.45, 2.75) is 38.5 Å². The number of hydrogen-bond donors (Lipinski definition) is 2. The van der Waals surface area contributed by atoms with Crippen LogP contribution in [-0.4, -0.2) is 39.9 Å². The number of nitrogens with two attached hydrogens (primary N) is 2. The van der Waals surface area contributed by atoms with Gasteiger partial charge in [-0.25, -0.2) is 15.0 Å². The standard InChI is InChI=1S/C10H13N3O.C9H12N4O/c11-9-5-4-8(7-12-9)13-6-2-1-3-10(13)14;10-9-11-5-7(6-12-9)13-4-2-1-3-8(13)14/h4-5,7H,1-3,6H2,(H2,11,12);5-6H,1-4H2,(H2,10,11,12). The van der Waals surface area contributed by atoms with Crippen LogP contribution in [0.4, 0.5) is 23.1 Å². The van der Waals surface area contributed by atoms with Crippen LogP contribution in [0.3, 0.4) is 0 Å². The van der Waals surface area contributed by atoms with Gasteiger partial charge in [0.1, 0.15) is 5.82 Å². The number of nitrogen functional groups attached to an aromatic ring is 2. The summed E-state index contributed by atoms with van der Waals surface area (Å²) in [4.78, 5) is 38.2. The van der Waals surface area contributed by atoms with Crippen LogP contribution in [0.2, 0.25) is 0 Å². The van der Waals surface area contributed by atoms with Crippen molar-refractivity contribution in [1.29, 1.82) is 0 Å². The minimum absolute atomic E-state index is 0.143. The molecule has 2 saturated heterocycles. The van der Waals surface area contributed by atoms with Gasteiger partial charge < -0.3 is 21.3 Å². The van der Waals surface area contributed by atoms with E-state index in [9.17, 15) is 9.59 Å². The van der Waals surface area contributed by atoms with E-state index in [4.69, 9.17) is 11.5 Å². The third-order valence-electron chi connectivity index (χ3n) is 4.70. The molecule has 2 aromatic rings. The van der Waals surface area contributed by atoms with Crippen LogP contribution in [0.25, 0.3) is 0 Å². The third-order valence-corrected chi connectivity index (χ3v) is 4.70. The Morgan fingerprint density at radius 3 is 1.75 bits per heavy atom. The van der Waals surface area contributed by atoms with E-state index in [0.29, 0.717) is 18.7 Å². The molecule has 9 heteroatoms. The molecular weight excluding hydrogens is 358 g/mol. The number of rotatable bonds is 2. The summed E-state index contributed by atoms with van der Waals surface area (Å²) in [6, 6.07) is 3.56. The molecule has 2 aromatic heterocycles. The maximum Gasteiger partial charge on any atom is 0.227 e. The van der Waals surface area contributed by atoms with Crippen LogP contribution in [0, 0.1) is 0 Å². The molecule has 0 saturated carbocycles. The van der Waals surface area contributed by atoms with E-state index in [1.165, 1.54) is 0 Å². The second-order valence-corrected chi connectivity index (χ2v) is 6.75. The molecular formula is C19H25N7O2. The first kappa shape index (κ1) is 19.5. The molecule has 2 aliphatic heterocycles. The molecule has 0 aromatic carbocycles. The highest BCUT2D eigenvalue weighted by Gasteiger charge is 2.20. The average Bonchev–Trinajstić information content (AvgIpc) is 2.71. The van der Waals surface area contributed by atoms with Crippen molar-refractivity contribution in [1.82, 2.24) is 15.0 Å². The van der Waals surface area contributed by atoms with Crippen molar-refractivity contribution in [2.75, 3.05) is 34.4 Å². The minimum Gasteiger partial charge on any atom is -0.384 e. The van der Waals surface area contributed by atoms with Gasteiger partial charge in [0.15, 0.2) is 0 Å².